The van der Waals surface area contributed by atoms with Crippen LogP contribution >= 0.6 is 11.6 Å². The van der Waals surface area contributed by atoms with Crippen molar-refractivity contribution < 1.29 is 8.78 Å². The molecule has 0 radical (unpaired) electrons. The average Bonchev–Trinajstić information content (AvgIpc) is 2.45. The number of rotatable bonds is 4. The van der Waals surface area contributed by atoms with Gasteiger partial charge in [-0.15, -0.1) is 0 Å². The van der Waals surface area contributed by atoms with E-state index in [1.807, 2.05) is 24.3 Å². The molecule has 0 aliphatic heterocycles. The SMILES string of the molecule is CCc1cccc(C(NC)c2cc(F)c(Cl)cc2F)c1. The van der Waals surface area contributed by atoms with Gasteiger partial charge in [0.25, 0.3) is 0 Å². The Morgan fingerprint density at radius 1 is 1.15 bits per heavy atom. The van der Waals surface area contributed by atoms with Gasteiger partial charge in [0.2, 0.25) is 0 Å². The third kappa shape index (κ3) is 3.00. The molecule has 1 atom stereocenters. The molecule has 2 aromatic rings. The van der Waals surface area contributed by atoms with Gasteiger partial charge in [-0.1, -0.05) is 42.8 Å². The monoisotopic (exact) mass is 295 g/mol. The maximum Gasteiger partial charge on any atom is 0.142 e. The summed E-state index contributed by atoms with van der Waals surface area (Å²) in [6.07, 6.45) is 0.891. The van der Waals surface area contributed by atoms with Crippen LogP contribution in [-0.2, 0) is 6.42 Å². The maximum absolute atomic E-state index is 14.0. The predicted molar refractivity (Wildman–Crippen MR) is 78.1 cm³/mol. The Kier molecular flexibility index (Phi) is 4.73. The minimum Gasteiger partial charge on any atom is -0.309 e. The van der Waals surface area contributed by atoms with Gasteiger partial charge in [0.15, 0.2) is 0 Å². The van der Waals surface area contributed by atoms with Gasteiger partial charge in [-0.3, -0.25) is 0 Å². The Morgan fingerprint density at radius 2 is 1.90 bits per heavy atom. The van der Waals surface area contributed by atoms with Crippen molar-refractivity contribution in [1.82, 2.24) is 5.32 Å². The molecular formula is C16H16ClF2N. The summed E-state index contributed by atoms with van der Waals surface area (Å²) in [7, 11) is 1.72. The van der Waals surface area contributed by atoms with E-state index in [-0.39, 0.29) is 10.6 Å². The minimum absolute atomic E-state index is 0.205. The molecule has 2 rings (SSSR count). The third-order valence-electron chi connectivity index (χ3n) is 3.33. The zero-order chi connectivity index (χ0) is 14.7. The molecule has 0 bridgehead atoms. The van der Waals surface area contributed by atoms with Crippen molar-refractivity contribution in [3.63, 3.8) is 0 Å². The Bertz CT molecular complexity index is 613. The number of hydrogen-bond donors (Lipinski definition) is 1. The van der Waals surface area contributed by atoms with E-state index in [1.54, 1.807) is 7.05 Å². The predicted octanol–water partition coefficient (Wildman–Crippen LogP) is 4.49. The highest BCUT2D eigenvalue weighted by Gasteiger charge is 2.18. The summed E-state index contributed by atoms with van der Waals surface area (Å²) in [5.41, 5.74) is 2.30. The van der Waals surface area contributed by atoms with Crippen LogP contribution in [0.3, 0.4) is 0 Å². The highest BCUT2D eigenvalue weighted by molar-refractivity contribution is 6.30. The maximum atomic E-state index is 14.0. The van der Waals surface area contributed by atoms with Gasteiger partial charge in [-0.25, -0.2) is 8.78 Å². The van der Waals surface area contributed by atoms with Gasteiger partial charge in [-0.2, -0.15) is 0 Å². The van der Waals surface area contributed by atoms with Crippen LogP contribution < -0.4 is 5.32 Å². The number of halogens is 3. The average molecular weight is 296 g/mol. The number of aryl methyl sites for hydroxylation is 1. The van der Waals surface area contributed by atoms with Gasteiger partial charge in [0.05, 0.1) is 11.1 Å². The van der Waals surface area contributed by atoms with Gasteiger partial charge in [-0.05, 0) is 36.7 Å². The molecule has 0 spiro atoms. The molecule has 0 saturated carbocycles. The Balaban J connectivity index is 2.49. The molecular weight excluding hydrogens is 280 g/mol. The van der Waals surface area contributed by atoms with Crippen molar-refractivity contribution in [1.29, 1.82) is 0 Å². The van der Waals surface area contributed by atoms with Crippen molar-refractivity contribution in [2.24, 2.45) is 0 Å². The molecule has 4 heteroatoms. The summed E-state index contributed by atoms with van der Waals surface area (Å²) < 4.78 is 27.6. The Labute approximate surface area is 122 Å². The van der Waals surface area contributed by atoms with Crippen molar-refractivity contribution in [3.8, 4) is 0 Å². The first-order valence-electron chi connectivity index (χ1n) is 6.47. The van der Waals surface area contributed by atoms with E-state index in [0.717, 1.165) is 29.7 Å². The molecule has 1 nitrogen and oxygen atoms in total. The standard InChI is InChI=1S/C16H16ClF2N/c1-3-10-5-4-6-11(7-10)16(20-2)12-8-15(19)13(17)9-14(12)18/h4-9,16,20H,3H2,1-2H3. The summed E-state index contributed by atoms with van der Waals surface area (Å²) >= 11 is 5.59. The molecule has 0 amide bonds. The molecule has 0 aromatic heterocycles. The molecule has 0 aliphatic rings. The summed E-state index contributed by atoms with van der Waals surface area (Å²) in [5.74, 6) is -1.13. The molecule has 0 fully saturated rings. The van der Waals surface area contributed by atoms with E-state index in [1.165, 1.54) is 0 Å². The van der Waals surface area contributed by atoms with E-state index in [0.29, 0.717) is 0 Å². The highest BCUT2D eigenvalue weighted by Crippen LogP contribution is 2.28. The molecule has 0 heterocycles. The van der Waals surface area contributed by atoms with Gasteiger partial charge >= 0.3 is 0 Å². The van der Waals surface area contributed by atoms with E-state index < -0.39 is 17.7 Å². The fourth-order valence-corrected chi connectivity index (χ4v) is 2.40. The largest absolute Gasteiger partial charge is 0.309 e. The molecule has 20 heavy (non-hydrogen) atoms. The first kappa shape index (κ1) is 14.9. The lowest BCUT2D eigenvalue weighted by Gasteiger charge is -2.19. The van der Waals surface area contributed by atoms with Gasteiger partial charge in [0.1, 0.15) is 11.6 Å². The number of benzene rings is 2. The van der Waals surface area contributed by atoms with Gasteiger partial charge < -0.3 is 5.32 Å². The van der Waals surface area contributed by atoms with Gasteiger partial charge in [0, 0.05) is 5.56 Å². The molecule has 106 valence electrons. The zero-order valence-corrected chi connectivity index (χ0v) is 12.1. The summed E-state index contributed by atoms with van der Waals surface area (Å²) in [4.78, 5) is 0. The third-order valence-corrected chi connectivity index (χ3v) is 3.62. The molecule has 0 saturated heterocycles. The van der Waals surface area contributed by atoms with Crippen LogP contribution in [0, 0.1) is 11.6 Å². The van der Waals surface area contributed by atoms with Crippen LogP contribution in [0.2, 0.25) is 5.02 Å². The van der Waals surface area contributed by atoms with Crippen LogP contribution in [0.5, 0.6) is 0 Å². The quantitative estimate of drug-likeness (QED) is 0.820. The first-order valence-corrected chi connectivity index (χ1v) is 6.85. The van der Waals surface area contributed by atoms with E-state index in [2.05, 4.69) is 12.2 Å². The summed E-state index contributed by atoms with van der Waals surface area (Å²) in [6.45, 7) is 2.05. The smallest absolute Gasteiger partial charge is 0.142 e. The lowest BCUT2D eigenvalue weighted by Crippen LogP contribution is -2.19. The molecule has 1 unspecified atom stereocenters. The second kappa shape index (κ2) is 6.33. The fraction of sp³-hybridized carbons (Fsp3) is 0.250. The highest BCUT2D eigenvalue weighted by atomic mass is 35.5. The molecule has 0 aliphatic carbocycles. The first-order chi connectivity index (χ1) is 9.56. The van der Waals surface area contributed by atoms with Crippen LogP contribution in [0.4, 0.5) is 8.78 Å². The van der Waals surface area contributed by atoms with Crippen LogP contribution in [0.1, 0.15) is 29.7 Å². The normalized spacial score (nSPS) is 12.4. The van der Waals surface area contributed by atoms with E-state index >= 15 is 0 Å². The molecule has 2 aromatic carbocycles. The van der Waals surface area contributed by atoms with E-state index in [9.17, 15) is 8.78 Å². The van der Waals surface area contributed by atoms with Crippen LogP contribution in [-0.4, -0.2) is 7.05 Å². The molecule has 1 N–H and O–H groups in total. The van der Waals surface area contributed by atoms with Crippen molar-refractivity contribution >= 4 is 11.6 Å². The second-order valence-electron chi connectivity index (χ2n) is 4.61. The van der Waals surface area contributed by atoms with Crippen molar-refractivity contribution in [2.45, 2.75) is 19.4 Å². The zero-order valence-electron chi connectivity index (χ0n) is 11.4. The summed E-state index contributed by atoms with van der Waals surface area (Å²) in [6, 6.07) is 9.57. The van der Waals surface area contributed by atoms with Crippen LogP contribution in [0.15, 0.2) is 36.4 Å². The van der Waals surface area contributed by atoms with Crippen molar-refractivity contribution in [3.05, 3.63) is 69.7 Å². The number of hydrogen-bond acceptors (Lipinski definition) is 1. The summed E-state index contributed by atoms with van der Waals surface area (Å²) in [5, 5.41) is 2.82. The second-order valence-corrected chi connectivity index (χ2v) is 5.02. The van der Waals surface area contributed by atoms with Crippen LogP contribution in [0.25, 0.3) is 0 Å². The Hall–Kier alpha value is -1.45. The topological polar surface area (TPSA) is 12.0 Å². The lowest BCUT2D eigenvalue weighted by molar-refractivity contribution is 0.558. The lowest BCUT2D eigenvalue weighted by atomic mass is 9.96. The van der Waals surface area contributed by atoms with E-state index in [4.69, 9.17) is 11.6 Å². The van der Waals surface area contributed by atoms with Crippen molar-refractivity contribution in [2.75, 3.05) is 7.05 Å². The fourth-order valence-electron chi connectivity index (χ4n) is 2.25. The number of nitrogens with one attached hydrogen (secondary N) is 1. The Morgan fingerprint density at radius 3 is 2.55 bits per heavy atom. The minimum atomic E-state index is -0.616.